The fourth-order valence-electron chi connectivity index (χ4n) is 10.5. The molecule has 0 aliphatic heterocycles. The number of hydrogen-bond donors (Lipinski definition) is 4. The summed E-state index contributed by atoms with van der Waals surface area (Å²) in [6.45, 7) is 9.64. The Kier molecular flexibility index (Phi) is 7.15. The van der Waals surface area contributed by atoms with Gasteiger partial charge in [0.15, 0.2) is 0 Å². The second-order valence-electron chi connectivity index (χ2n) is 14.6. The van der Waals surface area contributed by atoms with Gasteiger partial charge in [0.05, 0.1) is 17.5 Å². The van der Waals surface area contributed by atoms with Crippen LogP contribution in [0.25, 0.3) is 0 Å². The van der Waals surface area contributed by atoms with Crippen LogP contribution in [0.4, 0.5) is 5.95 Å². The molecule has 11 atom stereocenters. The van der Waals surface area contributed by atoms with Crippen molar-refractivity contribution < 1.29 is 18.6 Å². The molecule has 220 valence electrons. The lowest BCUT2D eigenvalue weighted by Gasteiger charge is -2.64. The molecular weight excluding hydrogens is 512 g/mol. The van der Waals surface area contributed by atoms with Crippen LogP contribution < -0.4 is 4.72 Å². The van der Waals surface area contributed by atoms with Gasteiger partial charge in [-0.15, -0.1) is 5.10 Å². The van der Waals surface area contributed by atoms with Gasteiger partial charge in [-0.2, -0.15) is 4.98 Å². The van der Waals surface area contributed by atoms with E-state index >= 15 is 0 Å². The molecule has 9 heteroatoms. The minimum Gasteiger partial charge on any atom is -0.393 e. The van der Waals surface area contributed by atoms with Crippen molar-refractivity contribution in [3.05, 3.63) is 5.82 Å². The summed E-state index contributed by atoms with van der Waals surface area (Å²) in [7, 11) is -3.36. The second kappa shape index (κ2) is 9.97. The van der Waals surface area contributed by atoms with Crippen LogP contribution in [-0.4, -0.2) is 51.3 Å². The fraction of sp³-hybridized carbons (Fsp3) is 0.933. The van der Waals surface area contributed by atoms with Crippen molar-refractivity contribution in [2.24, 2.45) is 52.3 Å². The van der Waals surface area contributed by atoms with Crippen molar-refractivity contribution >= 4 is 16.0 Å². The summed E-state index contributed by atoms with van der Waals surface area (Å²) in [5, 5.41) is 29.2. The van der Waals surface area contributed by atoms with Gasteiger partial charge in [0.1, 0.15) is 5.82 Å². The Bertz CT molecular complexity index is 1150. The smallest absolute Gasteiger partial charge is 0.255 e. The number of aryl methyl sites for hydroxylation is 1. The zero-order valence-corrected chi connectivity index (χ0v) is 25.1. The van der Waals surface area contributed by atoms with Crippen LogP contribution in [0.5, 0.6) is 0 Å². The molecule has 0 amide bonds. The van der Waals surface area contributed by atoms with Crippen LogP contribution in [0, 0.1) is 52.3 Å². The molecule has 5 fully saturated rings. The van der Waals surface area contributed by atoms with E-state index < -0.39 is 10.0 Å². The highest BCUT2D eigenvalue weighted by molar-refractivity contribution is 7.93. The number of aromatic amines is 1. The average molecular weight is 563 g/mol. The van der Waals surface area contributed by atoms with Crippen molar-refractivity contribution in [3.63, 3.8) is 0 Å². The van der Waals surface area contributed by atoms with Crippen LogP contribution >= 0.6 is 0 Å². The van der Waals surface area contributed by atoms with E-state index in [2.05, 4.69) is 47.6 Å². The molecule has 0 unspecified atom stereocenters. The topological polar surface area (TPSA) is 128 Å². The standard InChI is InChI=1S/C30H50N4O4S/c1-5-20-24-16-18(35)12-14-30(24,4)23-13-15-29(3)21(9-10-22(29)26(23)27(20)36)17(2)6-11-25-31-28(33-32-25)34-39(37,38)19-7-8-19/h17-24,26-27,35-36H,5-16H2,1-4H3,(H2,31,32,33,34)/t17-,18-,20-,21-,22+,23+,24+,26+,27-,29-,30-/m1/s1. The van der Waals surface area contributed by atoms with Crippen molar-refractivity contribution in [2.75, 3.05) is 4.72 Å². The molecule has 1 aromatic heterocycles. The predicted molar refractivity (Wildman–Crippen MR) is 151 cm³/mol. The highest BCUT2D eigenvalue weighted by atomic mass is 32.2. The first-order valence-corrected chi connectivity index (χ1v) is 17.3. The molecule has 0 bridgehead atoms. The Labute approximate surface area is 234 Å². The van der Waals surface area contributed by atoms with Crippen LogP contribution in [-0.2, 0) is 16.4 Å². The van der Waals surface area contributed by atoms with Crippen molar-refractivity contribution in [2.45, 2.75) is 122 Å². The van der Waals surface area contributed by atoms with E-state index in [9.17, 15) is 18.6 Å². The zero-order valence-electron chi connectivity index (χ0n) is 24.3. The van der Waals surface area contributed by atoms with Gasteiger partial charge in [-0.3, -0.25) is 5.10 Å². The molecule has 0 saturated heterocycles. The van der Waals surface area contributed by atoms with Crippen LogP contribution in [0.1, 0.15) is 104 Å². The number of hydrogen-bond acceptors (Lipinski definition) is 6. The molecule has 5 aliphatic carbocycles. The molecule has 0 spiro atoms. The lowest BCUT2D eigenvalue weighted by molar-refractivity contribution is -0.203. The summed E-state index contributed by atoms with van der Waals surface area (Å²) in [5.74, 6) is 4.26. The zero-order chi connectivity index (χ0) is 27.7. The number of aliphatic hydroxyl groups is 2. The minimum atomic E-state index is -3.36. The predicted octanol–water partition coefficient (Wildman–Crippen LogP) is 4.90. The summed E-state index contributed by atoms with van der Waals surface area (Å²) >= 11 is 0. The number of aromatic nitrogens is 3. The Morgan fingerprint density at radius 2 is 1.74 bits per heavy atom. The van der Waals surface area contributed by atoms with Crippen LogP contribution in [0.15, 0.2) is 0 Å². The first-order chi connectivity index (χ1) is 18.5. The maximum absolute atomic E-state index is 12.2. The Hall–Kier alpha value is -1.19. The second-order valence-corrected chi connectivity index (χ2v) is 16.6. The molecule has 4 N–H and O–H groups in total. The van der Waals surface area contributed by atoms with Gasteiger partial charge in [-0.1, -0.05) is 34.1 Å². The fourth-order valence-corrected chi connectivity index (χ4v) is 11.8. The first-order valence-electron chi connectivity index (χ1n) is 15.8. The van der Waals surface area contributed by atoms with Gasteiger partial charge in [0, 0.05) is 6.42 Å². The maximum atomic E-state index is 12.2. The Balaban J connectivity index is 1.14. The van der Waals surface area contributed by atoms with Crippen molar-refractivity contribution in [1.82, 2.24) is 15.2 Å². The van der Waals surface area contributed by atoms with Crippen molar-refractivity contribution in [1.29, 1.82) is 0 Å². The summed E-state index contributed by atoms with van der Waals surface area (Å²) in [4.78, 5) is 4.43. The van der Waals surface area contributed by atoms with E-state index in [-0.39, 0.29) is 34.2 Å². The molecular formula is C30H50N4O4S. The van der Waals surface area contributed by atoms with Crippen LogP contribution in [0.3, 0.4) is 0 Å². The average Bonchev–Trinajstić information content (AvgIpc) is 3.58. The van der Waals surface area contributed by atoms with Gasteiger partial charge < -0.3 is 10.2 Å². The normalized spacial score (nSPS) is 44.8. The van der Waals surface area contributed by atoms with E-state index in [0.717, 1.165) is 44.3 Å². The molecule has 0 aromatic carbocycles. The third-order valence-electron chi connectivity index (χ3n) is 12.7. The van der Waals surface area contributed by atoms with E-state index in [1.54, 1.807) is 0 Å². The quantitative estimate of drug-likeness (QED) is 0.357. The minimum absolute atomic E-state index is 0.162. The first kappa shape index (κ1) is 28.0. The maximum Gasteiger partial charge on any atom is 0.255 e. The van der Waals surface area contributed by atoms with Gasteiger partial charge >= 0.3 is 0 Å². The molecule has 1 heterocycles. The molecule has 39 heavy (non-hydrogen) atoms. The lowest BCUT2D eigenvalue weighted by atomic mass is 9.41. The molecule has 5 aliphatic rings. The Morgan fingerprint density at radius 3 is 2.46 bits per heavy atom. The molecule has 5 saturated carbocycles. The number of fused-ring (bicyclic) bond motifs is 5. The lowest BCUT2D eigenvalue weighted by Crippen LogP contribution is -2.62. The monoisotopic (exact) mass is 562 g/mol. The van der Waals surface area contributed by atoms with E-state index in [1.807, 2.05) is 0 Å². The van der Waals surface area contributed by atoms with E-state index in [0.29, 0.717) is 54.3 Å². The summed E-state index contributed by atoms with van der Waals surface area (Å²) in [6.07, 6.45) is 11.4. The van der Waals surface area contributed by atoms with Gasteiger partial charge in [-0.25, -0.2) is 13.1 Å². The third kappa shape index (κ3) is 4.66. The third-order valence-corrected chi connectivity index (χ3v) is 14.5. The van der Waals surface area contributed by atoms with Gasteiger partial charge in [0.2, 0.25) is 10.0 Å². The number of anilines is 1. The largest absolute Gasteiger partial charge is 0.393 e. The number of nitrogens with one attached hydrogen (secondary N) is 2. The van der Waals surface area contributed by atoms with E-state index in [4.69, 9.17) is 0 Å². The highest BCUT2D eigenvalue weighted by Crippen LogP contribution is 2.69. The number of aliphatic hydroxyl groups excluding tert-OH is 2. The molecule has 0 radical (unpaired) electrons. The van der Waals surface area contributed by atoms with E-state index in [1.165, 1.54) is 25.7 Å². The summed E-state index contributed by atoms with van der Waals surface area (Å²) < 4.78 is 27.0. The van der Waals surface area contributed by atoms with Crippen molar-refractivity contribution in [3.8, 4) is 0 Å². The number of sulfonamides is 1. The van der Waals surface area contributed by atoms with Gasteiger partial charge in [0.25, 0.3) is 5.95 Å². The number of H-pyrrole nitrogens is 1. The summed E-state index contributed by atoms with van der Waals surface area (Å²) in [5.41, 5.74) is 0.476. The molecule has 8 nitrogen and oxygen atoms in total. The molecule has 6 rings (SSSR count). The SMILES string of the molecule is CC[C@H]1[C@@H](O)[C@@H]2[C@H](CC[C@]3(C)[C@@H]([C@H](C)CCc4nc(NS(=O)(=O)C5CC5)n[nH]4)CC[C@@H]23)[C@@]2(C)CC[C@@H](O)C[C@@H]12. The number of nitrogens with zero attached hydrogens (tertiary/aromatic N) is 2. The molecule has 1 aromatic rings. The summed E-state index contributed by atoms with van der Waals surface area (Å²) in [6, 6.07) is 0. The Morgan fingerprint density at radius 1 is 1.03 bits per heavy atom. The highest BCUT2D eigenvalue weighted by Gasteiger charge is 2.64. The van der Waals surface area contributed by atoms with Gasteiger partial charge in [-0.05, 0) is 116 Å². The van der Waals surface area contributed by atoms with Crippen LogP contribution in [0.2, 0.25) is 0 Å². The number of rotatable bonds is 8.